The fraction of sp³-hybridized carbons (Fsp3) is 0.304. The number of amides is 1. The second-order valence-electron chi connectivity index (χ2n) is 7.25. The van der Waals surface area contributed by atoms with Crippen LogP contribution < -0.4 is 5.43 Å². The number of benzene rings is 2. The zero-order valence-corrected chi connectivity index (χ0v) is 18.3. The minimum absolute atomic E-state index is 0.200. The lowest BCUT2D eigenvalue weighted by Gasteiger charge is -2.26. The van der Waals surface area contributed by atoms with E-state index in [2.05, 4.69) is 10.5 Å². The second kappa shape index (κ2) is 11.0. The lowest BCUT2D eigenvalue weighted by molar-refractivity contribution is -0.121. The molecule has 0 aromatic heterocycles. The van der Waals surface area contributed by atoms with E-state index < -0.39 is 10.0 Å². The lowest BCUT2D eigenvalue weighted by Crippen LogP contribution is -2.40. The highest BCUT2D eigenvalue weighted by atomic mass is 32.2. The standard InChI is InChI=1S/C23H27N3O4S/c1-19(17-21-5-3-2-4-6-21)18-24-25-23(27)12-9-20-7-10-22(11-8-20)31(28,29)26-13-15-30-16-14-26/h2-8,10-11,17-18H,9,12-16H2,1H3,(H,25,27)/b19-17+,24-18+. The van der Waals surface area contributed by atoms with Crippen LogP contribution in [0.4, 0.5) is 0 Å². The van der Waals surface area contributed by atoms with Crippen molar-refractivity contribution in [1.29, 1.82) is 0 Å². The van der Waals surface area contributed by atoms with Gasteiger partial charge in [-0.25, -0.2) is 13.8 Å². The molecular formula is C23H27N3O4S. The summed E-state index contributed by atoms with van der Waals surface area (Å²) in [5, 5.41) is 3.99. The largest absolute Gasteiger partial charge is 0.379 e. The molecule has 164 valence electrons. The van der Waals surface area contributed by atoms with Gasteiger partial charge in [0.15, 0.2) is 0 Å². The van der Waals surface area contributed by atoms with Gasteiger partial charge in [-0.05, 0) is 42.2 Å². The van der Waals surface area contributed by atoms with Gasteiger partial charge in [0.25, 0.3) is 0 Å². The first-order valence-corrected chi connectivity index (χ1v) is 11.6. The summed E-state index contributed by atoms with van der Waals surface area (Å²) >= 11 is 0. The second-order valence-corrected chi connectivity index (χ2v) is 9.19. The van der Waals surface area contributed by atoms with E-state index in [4.69, 9.17) is 4.74 Å². The molecule has 31 heavy (non-hydrogen) atoms. The molecule has 2 aromatic carbocycles. The van der Waals surface area contributed by atoms with Gasteiger partial charge in [-0.2, -0.15) is 9.41 Å². The smallest absolute Gasteiger partial charge is 0.243 e. The van der Waals surface area contributed by atoms with Crippen LogP contribution in [0.3, 0.4) is 0 Å². The Morgan fingerprint density at radius 2 is 1.77 bits per heavy atom. The van der Waals surface area contributed by atoms with Crippen LogP contribution in [0.2, 0.25) is 0 Å². The molecule has 0 saturated carbocycles. The van der Waals surface area contributed by atoms with Gasteiger partial charge in [0, 0.05) is 19.5 Å². The Morgan fingerprint density at radius 1 is 1.10 bits per heavy atom. The van der Waals surface area contributed by atoms with Gasteiger partial charge >= 0.3 is 0 Å². The van der Waals surface area contributed by atoms with E-state index >= 15 is 0 Å². The first-order chi connectivity index (χ1) is 14.9. The summed E-state index contributed by atoms with van der Waals surface area (Å²) in [4.78, 5) is 12.3. The molecule has 7 nitrogen and oxygen atoms in total. The zero-order chi connectivity index (χ0) is 22.1. The highest BCUT2D eigenvalue weighted by molar-refractivity contribution is 7.89. The molecule has 1 fully saturated rings. The number of morpholine rings is 1. The summed E-state index contributed by atoms with van der Waals surface area (Å²) in [6, 6.07) is 16.5. The molecule has 1 N–H and O–H groups in total. The molecule has 0 radical (unpaired) electrons. The van der Waals surface area contributed by atoms with Gasteiger partial charge < -0.3 is 4.74 Å². The Bertz CT molecular complexity index is 1030. The molecular weight excluding hydrogens is 414 g/mol. The molecule has 1 aliphatic heterocycles. The number of ether oxygens (including phenoxy) is 1. The van der Waals surface area contributed by atoms with E-state index in [9.17, 15) is 13.2 Å². The predicted molar refractivity (Wildman–Crippen MR) is 121 cm³/mol. The highest BCUT2D eigenvalue weighted by Gasteiger charge is 2.26. The first kappa shape index (κ1) is 22.9. The van der Waals surface area contributed by atoms with Crippen molar-refractivity contribution in [2.45, 2.75) is 24.7 Å². The molecule has 0 unspecified atom stereocenters. The molecule has 0 atom stereocenters. The molecule has 2 aromatic rings. The first-order valence-electron chi connectivity index (χ1n) is 10.2. The zero-order valence-electron chi connectivity index (χ0n) is 17.5. The van der Waals surface area contributed by atoms with Gasteiger partial charge in [-0.15, -0.1) is 0 Å². The lowest BCUT2D eigenvalue weighted by atomic mass is 10.1. The van der Waals surface area contributed by atoms with Crippen LogP contribution in [0.25, 0.3) is 6.08 Å². The minimum atomic E-state index is -3.50. The van der Waals surface area contributed by atoms with E-state index in [1.54, 1.807) is 30.5 Å². The number of carbonyl (C=O) groups is 1. The van der Waals surface area contributed by atoms with Crippen molar-refractivity contribution in [3.63, 3.8) is 0 Å². The van der Waals surface area contributed by atoms with Crippen LogP contribution >= 0.6 is 0 Å². The van der Waals surface area contributed by atoms with Crippen molar-refractivity contribution < 1.29 is 17.9 Å². The average Bonchev–Trinajstić information content (AvgIpc) is 2.79. The molecule has 8 heteroatoms. The molecule has 0 spiro atoms. The van der Waals surface area contributed by atoms with Crippen molar-refractivity contribution in [3.05, 3.63) is 71.3 Å². The van der Waals surface area contributed by atoms with Crippen molar-refractivity contribution in [3.8, 4) is 0 Å². The van der Waals surface area contributed by atoms with Crippen LogP contribution in [0, 0.1) is 0 Å². The van der Waals surface area contributed by atoms with Gasteiger partial charge in [-0.1, -0.05) is 48.5 Å². The van der Waals surface area contributed by atoms with Crippen molar-refractivity contribution in [1.82, 2.24) is 9.73 Å². The van der Waals surface area contributed by atoms with E-state index in [1.807, 2.05) is 43.3 Å². The third kappa shape index (κ3) is 6.85. The topological polar surface area (TPSA) is 88.1 Å². The predicted octanol–water partition coefficient (Wildman–Crippen LogP) is 2.85. The number of nitrogens with one attached hydrogen (secondary N) is 1. The summed E-state index contributed by atoms with van der Waals surface area (Å²) in [7, 11) is -3.50. The Hall–Kier alpha value is -2.81. The molecule has 0 bridgehead atoms. The fourth-order valence-electron chi connectivity index (χ4n) is 3.13. The number of hydrogen-bond donors (Lipinski definition) is 1. The number of hydrazone groups is 1. The highest BCUT2D eigenvalue weighted by Crippen LogP contribution is 2.18. The Morgan fingerprint density at radius 3 is 2.45 bits per heavy atom. The number of hydrogen-bond acceptors (Lipinski definition) is 5. The monoisotopic (exact) mass is 441 g/mol. The number of carbonyl (C=O) groups excluding carboxylic acids is 1. The van der Waals surface area contributed by atoms with Crippen molar-refractivity contribution in [2.75, 3.05) is 26.3 Å². The Kier molecular flexibility index (Phi) is 8.11. The van der Waals surface area contributed by atoms with Crippen LogP contribution in [0.15, 0.2) is 70.2 Å². The molecule has 0 aliphatic carbocycles. The third-order valence-corrected chi connectivity index (χ3v) is 6.74. The maximum absolute atomic E-state index is 12.6. The van der Waals surface area contributed by atoms with Gasteiger partial charge in [0.05, 0.1) is 24.3 Å². The molecule has 1 heterocycles. The van der Waals surface area contributed by atoms with E-state index in [0.29, 0.717) is 32.7 Å². The summed E-state index contributed by atoms with van der Waals surface area (Å²) in [5.74, 6) is -0.200. The van der Waals surface area contributed by atoms with Gasteiger partial charge in [0.2, 0.25) is 15.9 Å². The van der Waals surface area contributed by atoms with E-state index in [-0.39, 0.29) is 17.2 Å². The number of rotatable bonds is 8. The van der Waals surface area contributed by atoms with Crippen LogP contribution in [-0.2, 0) is 26.0 Å². The number of allylic oxidation sites excluding steroid dienone is 1. The van der Waals surface area contributed by atoms with E-state index in [1.165, 1.54) is 4.31 Å². The van der Waals surface area contributed by atoms with Crippen molar-refractivity contribution in [2.24, 2.45) is 5.10 Å². The number of nitrogens with zero attached hydrogens (tertiary/aromatic N) is 2. The number of sulfonamides is 1. The minimum Gasteiger partial charge on any atom is -0.379 e. The molecule has 3 rings (SSSR count). The normalized spacial score (nSPS) is 15.8. The summed E-state index contributed by atoms with van der Waals surface area (Å²) in [5.41, 5.74) is 5.40. The van der Waals surface area contributed by atoms with Crippen LogP contribution in [0.1, 0.15) is 24.5 Å². The van der Waals surface area contributed by atoms with E-state index in [0.717, 1.165) is 16.7 Å². The maximum atomic E-state index is 12.6. The maximum Gasteiger partial charge on any atom is 0.243 e. The summed E-state index contributed by atoms with van der Waals surface area (Å²) in [6.45, 7) is 3.47. The number of aryl methyl sites for hydroxylation is 1. The Balaban J connectivity index is 1.47. The van der Waals surface area contributed by atoms with Crippen molar-refractivity contribution >= 4 is 28.2 Å². The Labute approximate surface area is 183 Å². The average molecular weight is 442 g/mol. The van der Waals surface area contributed by atoms with Gasteiger partial charge in [-0.3, -0.25) is 4.79 Å². The van der Waals surface area contributed by atoms with Gasteiger partial charge in [0.1, 0.15) is 0 Å². The molecule has 1 aliphatic rings. The molecule has 1 amide bonds. The fourth-order valence-corrected chi connectivity index (χ4v) is 4.54. The molecule has 1 saturated heterocycles. The quantitative estimate of drug-likeness (QED) is 0.504. The van der Waals surface area contributed by atoms with Crippen LogP contribution in [-0.4, -0.2) is 51.1 Å². The third-order valence-electron chi connectivity index (χ3n) is 4.82. The van der Waals surface area contributed by atoms with Crippen LogP contribution in [0.5, 0.6) is 0 Å². The summed E-state index contributed by atoms with van der Waals surface area (Å²) < 4.78 is 31.9. The summed E-state index contributed by atoms with van der Waals surface area (Å²) in [6.07, 6.45) is 4.34. The SMILES string of the molecule is CC(/C=N/NC(=O)CCc1ccc(S(=O)(=O)N2CCOCC2)cc1)=C\c1ccccc1.